The monoisotopic (exact) mass is 373 g/mol. The van der Waals surface area contributed by atoms with Crippen LogP contribution in [0.25, 0.3) is 0 Å². The van der Waals surface area contributed by atoms with E-state index in [4.69, 9.17) is 9.47 Å². The molecule has 0 spiro atoms. The van der Waals surface area contributed by atoms with E-state index in [0.29, 0.717) is 42.1 Å². The van der Waals surface area contributed by atoms with Gasteiger partial charge in [-0.25, -0.2) is 0 Å². The van der Waals surface area contributed by atoms with E-state index in [-0.39, 0.29) is 18.2 Å². The third-order valence-corrected chi connectivity index (χ3v) is 3.56. The molecule has 0 radical (unpaired) electrons. The number of benzene rings is 2. The third kappa shape index (κ3) is 5.99. The van der Waals surface area contributed by atoms with Gasteiger partial charge in [-0.15, -0.1) is 0 Å². The first-order valence-electron chi connectivity index (χ1n) is 8.04. The number of aldehydes is 1. The van der Waals surface area contributed by atoms with Crippen molar-refractivity contribution in [2.75, 3.05) is 32.1 Å². The van der Waals surface area contributed by atoms with Gasteiger partial charge >= 0.3 is 0 Å². The number of ether oxygens (including phenoxy) is 2. The number of methoxy groups -OCH3 is 1. The summed E-state index contributed by atoms with van der Waals surface area (Å²) in [6.45, 7) is 0.540. The Kier molecular flexibility index (Phi) is 7.12. The zero-order chi connectivity index (χ0) is 19.6. The number of rotatable bonds is 10. The van der Waals surface area contributed by atoms with Crippen LogP contribution in [0, 0.1) is 10.1 Å². The number of amides is 1. The molecule has 2 N–H and O–H groups in total. The number of nitro benzene ring substituents is 1. The molecule has 0 aliphatic heterocycles. The Bertz CT molecular complexity index is 807. The topological polar surface area (TPSA) is 120 Å². The molecule has 0 aliphatic carbocycles. The normalized spacial score (nSPS) is 9.96. The predicted octanol–water partition coefficient (Wildman–Crippen LogP) is 2.02. The number of nitrogens with one attached hydrogen (secondary N) is 2. The highest BCUT2D eigenvalue weighted by molar-refractivity contribution is 5.81. The highest BCUT2D eigenvalue weighted by Crippen LogP contribution is 2.22. The van der Waals surface area contributed by atoms with Crippen LogP contribution in [0.2, 0.25) is 0 Å². The Morgan fingerprint density at radius 1 is 1.19 bits per heavy atom. The fraction of sp³-hybridized carbons (Fsp3) is 0.222. The minimum atomic E-state index is -0.469. The van der Waals surface area contributed by atoms with Gasteiger partial charge < -0.3 is 20.1 Å². The zero-order valence-corrected chi connectivity index (χ0v) is 14.6. The predicted molar refractivity (Wildman–Crippen MR) is 98.5 cm³/mol. The van der Waals surface area contributed by atoms with Crippen LogP contribution in [0.4, 0.5) is 11.4 Å². The van der Waals surface area contributed by atoms with Crippen molar-refractivity contribution in [2.24, 2.45) is 0 Å². The van der Waals surface area contributed by atoms with Gasteiger partial charge in [0.05, 0.1) is 17.6 Å². The van der Waals surface area contributed by atoms with Crippen molar-refractivity contribution in [1.82, 2.24) is 5.32 Å². The molecule has 0 saturated carbocycles. The minimum Gasteiger partial charge on any atom is -0.497 e. The SMILES string of the molecule is COc1ccc(OCC(=O)NCCNc2ccc([N+](=O)[O-])cc2)c(C=O)c1. The molecular formula is C18H19N3O6. The van der Waals surface area contributed by atoms with E-state index in [2.05, 4.69) is 10.6 Å². The lowest BCUT2D eigenvalue weighted by Crippen LogP contribution is -2.32. The van der Waals surface area contributed by atoms with Crippen LogP contribution in [-0.2, 0) is 4.79 Å². The third-order valence-electron chi connectivity index (χ3n) is 3.56. The molecule has 142 valence electrons. The smallest absolute Gasteiger partial charge is 0.269 e. The van der Waals surface area contributed by atoms with E-state index in [1.54, 1.807) is 24.3 Å². The van der Waals surface area contributed by atoms with Crippen LogP contribution in [0.5, 0.6) is 11.5 Å². The highest BCUT2D eigenvalue weighted by atomic mass is 16.6. The van der Waals surface area contributed by atoms with Gasteiger partial charge in [-0.3, -0.25) is 19.7 Å². The lowest BCUT2D eigenvalue weighted by molar-refractivity contribution is -0.384. The number of carbonyl (C=O) groups is 2. The maximum Gasteiger partial charge on any atom is 0.269 e. The number of hydrogen-bond donors (Lipinski definition) is 2. The number of anilines is 1. The van der Waals surface area contributed by atoms with Crippen LogP contribution in [0.1, 0.15) is 10.4 Å². The quantitative estimate of drug-likeness (QED) is 0.283. The van der Waals surface area contributed by atoms with Crippen LogP contribution >= 0.6 is 0 Å². The molecule has 0 bridgehead atoms. The first-order chi connectivity index (χ1) is 13.0. The van der Waals surface area contributed by atoms with Crippen molar-refractivity contribution < 1.29 is 24.0 Å². The summed E-state index contributed by atoms with van der Waals surface area (Å²) in [6, 6.07) is 10.7. The molecule has 0 atom stereocenters. The lowest BCUT2D eigenvalue weighted by atomic mass is 10.2. The Labute approximate surface area is 155 Å². The van der Waals surface area contributed by atoms with Crippen LogP contribution in [0.3, 0.4) is 0 Å². The van der Waals surface area contributed by atoms with Crippen LogP contribution in [0.15, 0.2) is 42.5 Å². The van der Waals surface area contributed by atoms with Gasteiger partial charge in [-0.2, -0.15) is 0 Å². The van der Waals surface area contributed by atoms with Gasteiger partial charge in [0.25, 0.3) is 11.6 Å². The van der Waals surface area contributed by atoms with Gasteiger partial charge in [0.15, 0.2) is 12.9 Å². The molecule has 0 aliphatic rings. The van der Waals surface area contributed by atoms with Crippen LogP contribution in [-0.4, -0.2) is 43.9 Å². The molecule has 2 aromatic rings. The number of hydrogen-bond acceptors (Lipinski definition) is 7. The van der Waals surface area contributed by atoms with E-state index in [1.165, 1.54) is 25.3 Å². The van der Waals surface area contributed by atoms with E-state index < -0.39 is 4.92 Å². The molecular weight excluding hydrogens is 354 g/mol. The summed E-state index contributed by atoms with van der Waals surface area (Å²) in [6.07, 6.45) is 0.629. The zero-order valence-electron chi connectivity index (χ0n) is 14.6. The number of nitrogens with zero attached hydrogens (tertiary/aromatic N) is 1. The van der Waals surface area contributed by atoms with E-state index >= 15 is 0 Å². The van der Waals surface area contributed by atoms with E-state index in [9.17, 15) is 19.7 Å². The maximum absolute atomic E-state index is 11.8. The molecule has 2 rings (SSSR count). The highest BCUT2D eigenvalue weighted by Gasteiger charge is 2.08. The summed E-state index contributed by atoms with van der Waals surface area (Å²) in [5.74, 6) is 0.476. The fourth-order valence-corrected chi connectivity index (χ4v) is 2.18. The van der Waals surface area contributed by atoms with Crippen molar-refractivity contribution in [1.29, 1.82) is 0 Å². The van der Waals surface area contributed by atoms with Crippen molar-refractivity contribution >= 4 is 23.6 Å². The van der Waals surface area contributed by atoms with E-state index in [0.717, 1.165) is 0 Å². The first kappa shape index (κ1) is 19.7. The number of nitro groups is 1. The second-order valence-corrected chi connectivity index (χ2v) is 5.39. The fourth-order valence-electron chi connectivity index (χ4n) is 2.18. The number of non-ortho nitro benzene ring substituents is 1. The molecule has 0 unspecified atom stereocenters. The Hall–Kier alpha value is -3.62. The largest absolute Gasteiger partial charge is 0.497 e. The van der Waals surface area contributed by atoms with E-state index in [1.807, 2.05) is 0 Å². The summed E-state index contributed by atoms with van der Waals surface area (Å²) in [5, 5.41) is 16.3. The lowest BCUT2D eigenvalue weighted by Gasteiger charge is -2.11. The van der Waals surface area contributed by atoms with Crippen molar-refractivity contribution in [3.8, 4) is 11.5 Å². The standard InChI is InChI=1S/C18H19N3O6/c1-26-16-6-7-17(13(10-16)11-22)27-12-18(23)20-9-8-19-14-2-4-15(5-3-14)21(24)25/h2-7,10-11,19H,8-9,12H2,1H3,(H,20,23). The second-order valence-electron chi connectivity index (χ2n) is 5.39. The summed E-state index contributed by atoms with van der Waals surface area (Å²) in [5.41, 5.74) is 1.01. The average Bonchev–Trinajstić information content (AvgIpc) is 2.69. The number of carbonyl (C=O) groups excluding carboxylic acids is 2. The molecule has 27 heavy (non-hydrogen) atoms. The Morgan fingerprint density at radius 2 is 1.93 bits per heavy atom. The summed E-state index contributed by atoms with van der Waals surface area (Å²) >= 11 is 0. The van der Waals surface area contributed by atoms with Gasteiger partial charge in [0.1, 0.15) is 11.5 Å². The van der Waals surface area contributed by atoms with Crippen molar-refractivity contribution in [3.05, 3.63) is 58.1 Å². The van der Waals surface area contributed by atoms with Gasteiger partial charge in [-0.1, -0.05) is 0 Å². The van der Waals surface area contributed by atoms with Gasteiger partial charge in [0.2, 0.25) is 0 Å². The first-order valence-corrected chi connectivity index (χ1v) is 8.04. The molecule has 9 nitrogen and oxygen atoms in total. The molecule has 0 saturated heterocycles. The average molecular weight is 373 g/mol. The Balaban J connectivity index is 1.72. The molecule has 0 aromatic heterocycles. The minimum absolute atomic E-state index is 0.0132. The van der Waals surface area contributed by atoms with Crippen molar-refractivity contribution in [3.63, 3.8) is 0 Å². The molecule has 9 heteroatoms. The summed E-state index contributed by atoms with van der Waals surface area (Å²) < 4.78 is 10.4. The summed E-state index contributed by atoms with van der Waals surface area (Å²) in [4.78, 5) is 33.0. The molecule has 0 fully saturated rings. The van der Waals surface area contributed by atoms with Crippen LogP contribution < -0.4 is 20.1 Å². The molecule has 2 aromatic carbocycles. The molecule has 0 heterocycles. The summed E-state index contributed by atoms with van der Waals surface area (Å²) in [7, 11) is 1.49. The van der Waals surface area contributed by atoms with Crippen molar-refractivity contribution in [2.45, 2.75) is 0 Å². The van der Waals surface area contributed by atoms with Gasteiger partial charge in [-0.05, 0) is 30.3 Å². The maximum atomic E-state index is 11.8. The Morgan fingerprint density at radius 3 is 2.56 bits per heavy atom. The molecule has 1 amide bonds. The second kappa shape index (κ2) is 9.76. The van der Waals surface area contributed by atoms with Gasteiger partial charge in [0, 0.05) is 30.9 Å².